The summed E-state index contributed by atoms with van der Waals surface area (Å²) < 4.78 is 15.8. The SMILES string of the molecule is COc1cc(C(=O)Nc2ccccc2C(=O)NNC(=O)C(C)C)cc(OC)c1OC. The minimum Gasteiger partial charge on any atom is -0.493 e. The first-order valence-electron chi connectivity index (χ1n) is 9.12. The van der Waals surface area contributed by atoms with Gasteiger partial charge in [0.1, 0.15) is 0 Å². The molecule has 0 aliphatic heterocycles. The first-order valence-corrected chi connectivity index (χ1v) is 9.12. The average molecular weight is 415 g/mol. The third-order valence-corrected chi connectivity index (χ3v) is 4.17. The number of hydrogen-bond donors (Lipinski definition) is 3. The van der Waals surface area contributed by atoms with E-state index in [1.54, 1.807) is 32.0 Å². The number of amides is 3. The summed E-state index contributed by atoms with van der Waals surface area (Å²) in [5, 5.41) is 2.69. The standard InChI is InChI=1S/C21H25N3O6/c1-12(2)19(25)23-24-21(27)14-8-6-7-9-15(14)22-20(26)13-10-16(28-3)18(30-5)17(11-13)29-4/h6-12H,1-5H3,(H,22,26)(H,23,25)(H,24,27). The number of ether oxygens (including phenoxy) is 3. The highest BCUT2D eigenvalue weighted by molar-refractivity contribution is 6.09. The van der Waals surface area contributed by atoms with Gasteiger partial charge in [-0.05, 0) is 24.3 Å². The molecular weight excluding hydrogens is 390 g/mol. The van der Waals surface area contributed by atoms with Crippen LogP contribution in [-0.2, 0) is 4.79 Å². The predicted octanol–water partition coefficient (Wildman–Crippen LogP) is 2.38. The van der Waals surface area contributed by atoms with E-state index in [0.717, 1.165) is 0 Å². The molecule has 0 unspecified atom stereocenters. The highest BCUT2D eigenvalue weighted by atomic mass is 16.5. The molecule has 0 aliphatic carbocycles. The normalized spacial score (nSPS) is 10.2. The van der Waals surface area contributed by atoms with Gasteiger partial charge in [-0.15, -0.1) is 0 Å². The van der Waals surface area contributed by atoms with Crippen molar-refractivity contribution in [3.8, 4) is 17.2 Å². The third kappa shape index (κ3) is 5.19. The van der Waals surface area contributed by atoms with Crippen molar-refractivity contribution in [2.45, 2.75) is 13.8 Å². The summed E-state index contributed by atoms with van der Waals surface area (Å²) in [4.78, 5) is 36.9. The van der Waals surface area contributed by atoms with Crippen molar-refractivity contribution in [2.75, 3.05) is 26.6 Å². The Morgan fingerprint density at radius 1 is 0.833 bits per heavy atom. The van der Waals surface area contributed by atoms with Gasteiger partial charge >= 0.3 is 0 Å². The molecule has 9 heteroatoms. The minimum atomic E-state index is -0.565. The van der Waals surface area contributed by atoms with E-state index >= 15 is 0 Å². The number of anilines is 1. The maximum Gasteiger partial charge on any atom is 0.271 e. The first kappa shape index (κ1) is 22.5. The molecule has 0 aliphatic rings. The summed E-state index contributed by atoms with van der Waals surface area (Å²) in [6.45, 7) is 3.40. The molecule has 0 fully saturated rings. The van der Waals surface area contributed by atoms with Crippen molar-refractivity contribution in [3.05, 3.63) is 47.5 Å². The number of nitrogens with one attached hydrogen (secondary N) is 3. The Balaban J connectivity index is 2.26. The van der Waals surface area contributed by atoms with Crippen molar-refractivity contribution in [1.29, 1.82) is 0 Å². The summed E-state index contributed by atoms with van der Waals surface area (Å²) in [7, 11) is 4.36. The fourth-order valence-corrected chi connectivity index (χ4v) is 2.53. The van der Waals surface area contributed by atoms with E-state index < -0.39 is 11.8 Å². The van der Waals surface area contributed by atoms with Crippen LogP contribution in [0, 0.1) is 5.92 Å². The number of rotatable bonds is 7. The predicted molar refractivity (Wildman–Crippen MR) is 111 cm³/mol. The topological polar surface area (TPSA) is 115 Å². The summed E-state index contributed by atoms with van der Waals surface area (Å²) in [5.41, 5.74) is 5.37. The number of para-hydroxylation sites is 1. The van der Waals surface area contributed by atoms with Gasteiger partial charge in [0.25, 0.3) is 11.8 Å². The van der Waals surface area contributed by atoms with Crippen LogP contribution in [-0.4, -0.2) is 39.1 Å². The van der Waals surface area contributed by atoms with Crippen molar-refractivity contribution in [2.24, 2.45) is 5.92 Å². The Kier molecular flexibility index (Phi) is 7.62. The molecule has 2 aromatic rings. The fraction of sp³-hybridized carbons (Fsp3) is 0.286. The van der Waals surface area contributed by atoms with E-state index in [9.17, 15) is 14.4 Å². The fourth-order valence-electron chi connectivity index (χ4n) is 2.53. The molecule has 2 aromatic carbocycles. The lowest BCUT2D eigenvalue weighted by molar-refractivity contribution is -0.124. The number of carbonyl (C=O) groups excluding carboxylic acids is 3. The van der Waals surface area contributed by atoms with Gasteiger partial charge in [-0.2, -0.15) is 0 Å². The summed E-state index contributed by atoms with van der Waals surface area (Å²) in [5.74, 6) is -0.667. The molecule has 0 spiro atoms. The minimum absolute atomic E-state index is 0.183. The van der Waals surface area contributed by atoms with Crippen LogP contribution in [0.1, 0.15) is 34.6 Å². The van der Waals surface area contributed by atoms with E-state index in [2.05, 4.69) is 16.2 Å². The second kappa shape index (κ2) is 10.1. The molecule has 2 rings (SSSR count). The van der Waals surface area contributed by atoms with Crippen LogP contribution < -0.4 is 30.4 Å². The largest absolute Gasteiger partial charge is 0.493 e. The Morgan fingerprint density at radius 2 is 1.43 bits per heavy atom. The molecule has 30 heavy (non-hydrogen) atoms. The van der Waals surface area contributed by atoms with E-state index in [1.807, 2.05) is 0 Å². The van der Waals surface area contributed by atoms with E-state index in [1.165, 1.54) is 39.5 Å². The first-order chi connectivity index (χ1) is 14.3. The molecule has 0 saturated carbocycles. The summed E-state index contributed by atoms with van der Waals surface area (Å²) in [6.07, 6.45) is 0. The van der Waals surface area contributed by atoms with Gasteiger partial charge in [-0.25, -0.2) is 0 Å². The molecule has 0 heterocycles. The van der Waals surface area contributed by atoms with E-state index in [0.29, 0.717) is 17.2 Å². The highest BCUT2D eigenvalue weighted by Crippen LogP contribution is 2.38. The van der Waals surface area contributed by atoms with E-state index in [4.69, 9.17) is 14.2 Å². The average Bonchev–Trinajstić information content (AvgIpc) is 2.76. The lowest BCUT2D eigenvalue weighted by Gasteiger charge is -2.15. The van der Waals surface area contributed by atoms with Gasteiger partial charge < -0.3 is 19.5 Å². The number of methoxy groups -OCH3 is 3. The molecule has 9 nitrogen and oxygen atoms in total. The Bertz CT molecular complexity index is 917. The van der Waals surface area contributed by atoms with Crippen LogP contribution in [0.15, 0.2) is 36.4 Å². The Hall–Kier alpha value is -3.75. The van der Waals surface area contributed by atoms with Crippen LogP contribution in [0.5, 0.6) is 17.2 Å². The highest BCUT2D eigenvalue weighted by Gasteiger charge is 2.19. The second-order valence-electron chi connectivity index (χ2n) is 6.51. The van der Waals surface area contributed by atoms with Crippen LogP contribution in [0.2, 0.25) is 0 Å². The molecule has 0 atom stereocenters. The van der Waals surface area contributed by atoms with Crippen LogP contribution in [0.4, 0.5) is 5.69 Å². The van der Waals surface area contributed by atoms with Gasteiger partial charge in [0, 0.05) is 11.5 Å². The molecule has 0 bridgehead atoms. The quantitative estimate of drug-likeness (QED) is 0.598. The van der Waals surface area contributed by atoms with Crippen LogP contribution in [0.3, 0.4) is 0 Å². The smallest absolute Gasteiger partial charge is 0.271 e. The van der Waals surface area contributed by atoms with Gasteiger partial charge in [-0.1, -0.05) is 26.0 Å². The number of carbonyl (C=O) groups is 3. The van der Waals surface area contributed by atoms with Gasteiger partial charge in [0.15, 0.2) is 11.5 Å². The monoisotopic (exact) mass is 415 g/mol. The lowest BCUT2D eigenvalue weighted by atomic mass is 10.1. The van der Waals surface area contributed by atoms with E-state index in [-0.39, 0.29) is 28.6 Å². The molecule has 0 radical (unpaired) electrons. The molecule has 0 aromatic heterocycles. The van der Waals surface area contributed by atoms with Gasteiger partial charge in [0.05, 0.1) is 32.6 Å². The zero-order valence-electron chi connectivity index (χ0n) is 17.5. The summed E-state index contributed by atoms with van der Waals surface area (Å²) >= 11 is 0. The molecule has 3 amide bonds. The molecule has 3 N–H and O–H groups in total. The molecule has 160 valence electrons. The van der Waals surface area contributed by atoms with Crippen molar-refractivity contribution >= 4 is 23.4 Å². The maximum absolute atomic E-state index is 12.8. The number of benzene rings is 2. The number of hydrazine groups is 1. The van der Waals surface area contributed by atoms with Crippen molar-refractivity contribution < 1.29 is 28.6 Å². The Labute approximate surface area is 174 Å². The maximum atomic E-state index is 12.8. The summed E-state index contributed by atoms with van der Waals surface area (Å²) in [6, 6.07) is 9.43. The zero-order valence-corrected chi connectivity index (χ0v) is 17.5. The Morgan fingerprint density at radius 3 is 1.97 bits per heavy atom. The third-order valence-electron chi connectivity index (χ3n) is 4.17. The van der Waals surface area contributed by atoms with Crippen LogP contribution in [0.25, 0.3) is 0 Å². The van der Waals surface area contributed by atoms with Gasteiger partial charge in [0.2, 0.25) is 11.7 Å². The molecule has 0 saturated heterocycles. The second-order valence-corrected chi connectivity index (χ2v) is 6.51. The number of hydrogen-bond acceptors (Lipinski definition) is 6. The lowest BCUT2D eigenvalue weighted by Crippen LogP contribution is -2.43. The van der Waals surface area contributed by atoms with Crippen molar-refractivity contribution in [3.63, 3.8) is 0 Å². The zero-order chi connectivity index (χ0) is 22.3. The van der Waals surface area contributed by atoms with Crippen LogP contribution >= 0.6 is 0 Å². The van der Waals surface area contributed by atoms with Gasteiger partial charge in [-0.3, -0.25) is 25.2 Å². The molecular formula is C21H25N3O6. The van der Waals surface area contributed by atoms with Crippen molar-refractivity contribution in [1.82, 2.24) is 10.9 Å².